The van der Waals surface area contributed by atoms with Crippen LogP contribution in [0.25, 0.3) is 0 Å². The maximum Gasteiger partial charge on any atom is 0.246 e. The minimum atomic E-state index is -0.364. The second-order valence-electron chi connectivity index (χ2n) is 3.81. The van der Waals surface area contributed by atoms with E-state index in [0.29, 0.717) is 17.9 Å². The highest BCUT2D eigenvalue weighted by Gasteiger charge is 2.14. The molecule has 0 saturated heterocycles. The molecule has 0 bridgehead atoms. The molecule has 1 aromatic carbocycles. The summed E-state index contributed by atoms with van der Waals surface area (Å²) < 4.78 is 23.3. The molecular weight excluding hydrogens is 237 g/mol. The van der Waals surface area contributed by atoms with E-state index >= 15 is 0 Å². The zero-order chi connectivity index (χ0) is 13.5. The summed E-state index contributed by atoms with van der Waals surface area (Å²) in [5.41, 5.74) is 0.599. The molecule has 0 fully saturated rings. The number of carbonyl (C=O) groups excluding carboxylic acids is 1. The van der Waals surface area contributed by atoms with Crippen LogP contribution >= 0.6 is 0 Å². The summed E-state index contributed by atoms with van der Waals surface area (Å²) in [5.74, 6) is -0.0621. The average Bonchev–Trinajstić information content (AvgIpc) is 2.36. The normalized spacial score (nSPS) is 12.0. The van der Waals surface area contributed by atoms with Crippen LogP contribution in [0.4, 0.5) is 4.39 Å². The van der Waals surface area contributed by atoms with Gasteiger partial charge in [-0.1, -0.05) is 0 Å². The topological polar surface area (TPSA) is 47.6 Å². The lowest BCUT2D eigenvalue weighted by Crippen LogP contribution is -2.30. The molecule has 1 amide bonds. The lowest BCUT2D eigenvalue weighted by Gasteiger charge is -2.17. The summed E-state index contributed by atoms with van der Waals surface area (Å²) in [6.45, 7) is 4.05. The van der Waals surface area contributed by atoms with E-state index < -0.39 is 0 Å². The fourth-order valence-electron chi connectivity index (χ4n) is 1.60. The molecule has 0 aliphatic carbocycles. The fraction of sp³-hybridized carbons (Fsp3) is 0.462. The highest BCUT2D eigenvalue weighted by molar-refractivity contribution is 5.77. The standard InChI is InChI=1S/C13H18FNO3/c1-4-18-8-13(16)15-9(2)11-7-10(14)5-6-12(11)17-3/h5-7,9H,4,8H2,1-3H3,(H,15,16). The molecule has 0 heterocycles. The number of benzene rings is 1. The van der Waals surface area contributed by atoms with Crippen LogP contribution in [0.3, 0.4) is 0 Å². The van der Waals surface area contributed by atoms with Gasteiger partial charge in [-0.15, -0.1) is 0 Å². The highest BCUT2D eigenvalue weighted by Crippen LogP contribution is 2.25. The van der Waals surface area contributed by atoms with Gasteiger partial charge in [0.2, 0.25) is 5.91 Å². The van der Waals surface area contributed by atoms with Crippen LogP contribution in [0.2, 0.25) is 0 Å². The number of amides is 1. The maximum atomic E-state index is 13.2. The van der Waals surface area contributed by atoms with E-state index in [1.54, 1.807) is 6.92 Å². The third-order valence-electron chi connectivity index (χ3n) is 2.47. The van der Waals surface area contributed by atoms with Crippen molar-refractivity contribution in [3.8, 4) is 5.75 Å². The van der Waals surface area contributed by atoms with E-state index in [2.05, 4.69) is 5.32 Å². The molecule has 100 valence electrons. The number of methoxy groups -OCH3 is 1. The van der Waals surface area contributed by atoms with Gasteiger partial charge in [0.05, 0.1) is 13.2 Å². The minimum Gasteiger partial charge on any atom is -0.496 e. The summed E-state index contributed by atoms with van der Waals surface area (Å²) in [5, 5.41) is 2.72. The fourth-order valence-corrected chi connectivity index (χ4v) is 1.60. The summed E-state index contributed by atoms with van der Waals surface area (Å²) in [4.78, 5) is 11.5. The van der Waals surface area contributed by atoms with E-state index in [1.807, 2.05) is 6.92 Å². The number of hydrogen-bond donors (Lipinski definition) is 1. The molecule has 1 aromatic rings. The lowest BCUT2D eigenvalue weighted by molar-refractivity contribution is -0.126. The number of hydrogen-bond acceptors (Lipinski definition) is 3. The predicted octanol–water partition coefficient (Wildman–Crippen LogP) is 2.05. The maximum absolute atomic E-state index is 13.2. The Kier molecular flexibility index (Phi) is 5.58. The summed E-state index contributed by atoms with van der Waals surface area (Å²) in [7, 11) is 1.51. The van der Waals surface area contributed by atoms with Gasteiger partial charge in [-0.3, -0.25) is 4.79 Å². The van der Waals surface area contributed by atoms with Crippen LogP contribution in [0.15, 0.2) is 18.2 Å². The van der Waals surface area contributed by atoms with Crippen molar-refractivity contribution < 1.29 is 18.7 Å². The minimum absolute atomic E-state index is 0.00152. The molecule has 4 nitrogen and oxygen atoms in total. The Morgan fingerprint density at radius 3 is 2.83 bits per heavy atom. The zero-order valence-electron chi connectivity index (χ0n) is 10.8. The molecule has 1 atom stereocenters. The Morgan fingerprint density at radius 2 is 2.22 bits per heavy atom. The van der Waals surface area contributed by atoms with Crippen LogP contribution in [-0.4, -0.2) is 26.2 Å². The molecule has 1 unspecified atom stereocenters. The summed E-state index contributed by atoms with van der Waals surface area (Å²) in [6.07, 6.45) is 0. The SMILES string of the molecule is CCOCC(=O)NC(C)c1cc(F)ccc1OC. The van der Waals surface area contributed by atoms with Gasteiger partial charge >= 0.3 is 0 Å². The van der Waals surface area contributed by atoms with Crippen LogP contribution in [-0.2, 0) is 9.53 Å². The number of halogens is 1. The Morgan fingerprint density at radius 1 is 1.50 bits per heavy atom. The van der Waals surface area contributed by atoms with Crippen molar-refractivity contribution >= 4 is 5.91 Å². The lowest BCUT2D eigenvalue weighted by atomic mass is 10.1. The van der Waals surface area contributed by atoms with Crippen molar-refractivity contribution in [3.05, 3.63) is 29.6 Å². The first-order chi connectivity index (χ1) is 8.58. The molecule has 0 aliphatic heterocycles. The van der Waals surface area contributed by atoms with Crippen LogP contribution in [0, 0.1) is 5.82 Å². The Labute approximate surface area is 106 Å². The molecule has 0 aromatic heterocycles. The molecule has 0 aliphatic rings. The first kappa shape index (κ1) is 14.4. The second-order valence-corrected chi connectivity index (χ2v) is 3.81. The number of ether oxygens (including phenoxy) is 2. The van der Waals surface area contributed by atoms with Gasteiger partial charge in [0.1, 0.15) is 18.2 Å². The molecular formula is C13H18FNO3. The predicted molar refractivity (Wildman–Crippen MR) is 66.0 cm³/mol. The Hall–Kier alpha value is -1.62. The van der Waals surface area contributed by atoms with Gasteiger partial charge in [-0.2, -0.15) is 0 Å². The third kappa shape index (κ3) is 4.00. The van der Waals surface area contributed by atoms with E-state index in [1.165, 1.54) is 25.3 Å². The van der Waals surface area contributed by atoms with E-state index in [4.69, 9.17) is 9.47 Å². The van der Waals surface area contributed by atoms with Crippen molar-refractivity contribution in [2.75, 3.05) is 20.3 Å². The van der Waals surface area contributed by atoms with Gasteiger partial charge in [-0.05, 0) is 32.0 Å². The molecule has 18 heavy (non-hydrogen) atoms. The van der Waals surface area contributed by atoms with Gasteiger partial charge in [0.25, 0.3) is 0 Å². The van der Waals surface area contributed by atoms with Crippen molar-refractivity contribution in [1.82, 2.24) is 5.32 Å². The second kappa shape index (κ2) is 6.96. The smallest absolute Gasteiger partial charge is 0.246 e. The molecule has 1 rings (SSSR count). The van der Waals surface area contributed by atoms with Gasteiger partial charge in [0.15, 0.2) is 0 Å². The summed E-state index contributed by atoms with van der Waals surface area (Å²) >= 11 is 0. The largest absolute Gasteiger partial charge is 0.496 e. The Balaban J connectivity index is 2.73. The van der Waals surface area contributed by atoms with Crippen molar-refractivity contribution in [2.24, 2.45) is 0 Å². The molecule has 5 heteroatoms. The summed E-state index contributed by atoms with van der Waals surface area (Å²) in [6, 6.07) is 3.86. The monoisotopic (exact) mass is 255 g/mol. The van der Waals surface area contributed by atoms with Crippen LogP contribution in [0.5, 0.6) is 5.75 Å². The van der Waals surface area contributed by atoms with Crippen molar-refractivity contribution in [3.63, 3.8) is 0 Å². The van der Waals surface area contributed by atoms with E-state index in [0.717, 1.165) is 0 Å². The third-order valence-corrected chi connectivity index (χ3v) is 2.47. The first-order valence-electron chi connectivity index (χ1n) is 5.79. The molecule has 0 spiro atoms. The quantitative estimate of drug-likeness (QED) is 0.846. The van der Waals surface area contributed by atoms with Crippen molar-refractivity contribution in [1.29, 1.82) is 0 Å². The number of carbonyl (C=O) groups is 1. The molecule has 0 saturated carbocycles. The molecule has 1 N–H and O–H groups in total. The molecule has 0 radical (unpaired) electrons. The van der Waals surface area contributed by atoms with Gasteiger partial charge in [-0.25, -0.2) is 4.39 Å². The van der Waals surface area contributed by atoms with E-state index in [9.17, 15) is 9.18 Å². The average molecular weight is 255 g/mol. The van der Waals surface area contributed by atoms with Gasteiger partial charge < -0.3 is 14.8 Å². The zero-order valence-corrected chi connectivity index (χ0v) is 10.8. The van der Waals surface area contributed by atoms with Crippen LogP contribution in [0.1, 0.15) is 25.5 Å². The Bertz CT molecular complexity index is 409. The van der Waals surface area contributed by atoms with Crippen molar-refractivity contribution in [2.45, 2.75) is 19.9 Å². The van der Waals surface area contributed by atoms with E-state index in [-0.39, 0.29) is 24.4 Å². The number of nitrogens with one attached hydrogen (secondary N) is 1. The highest BCUT2D eigenvalue weighted by atomic mass is 19.1. The first-order valence-corrected chi connectivity index (χ1v) is 5.79. The van der Waals surface area contributed by atoms with Crippen LogP contribution < -0.4 is 10.1 Å². The number of rotatable bonds is 6. The van der Waals surface area contributed by atoms with Gasteiger partial charge in [0, 0.05) is 12.2 Å².